The summed E-state index contributed by atoms with van der Waals surface area (Å²) in [6.45, 7) is 4.47. The lowest BCUT2D eigenvalue weighted by molar-refractivity contribution is -0.131. The summed E-state index contributed by atoms with van der Waals surface area (Å²) in [4.78, 5) is 12.4. The van der Waals surface area contributed by atoms with Crippen molar-refractivity contribution in [1.82, 2.24) is 5.32 Å². The van der Waals surface area contributed by atoms with E-state index >= 15 is 0 Å². The zero-order valence-electron chi connectivity index (χ0n) is 17.5. The number of rotatable bonds is 11. The molecule has 0 aliphatic carbocycles. The predicted octanol–water partition coefficient (Wildman–Crippen LogP) is 4.44. The van der Waals surface area contributed by atoms with Crippen molar-refractivity contribution in [2.45, 2.75) is 45.3 Å². The second-order valence-electron chi connectivity index (χ2n) is 7.08. The molecule has 5 nitrogen and oxygen atoms in total. The minimum atomic E-state index is -0.484. The summed E-state index contributed by atoms with van der Waals surface area (Å²) in [5, 5.41) is 3.66. The Balaban J connectivity index is 1.83. The summed E-state index contributed by atoms with van der Waals surface area (Å²) in [6.07, 6.45) is 1.64. The van der Waals surface area contributed by atoms with E-state index in [1.807, 2.05) is 56.3 Å². The average molecular weight is 420 g/mol. The van der Waals surface area contributed by atoms with Crippen LogP contribution in [0.3, 0.4) is 0 Å². The molecule has 0 heterocycles. The van der Waals surface area contributed by atoms with E-state index in [9.17, 15) is 4.79 Å². The summed E-state index contributed by atoms with van der Waals surface area (Å²) in [7, 11) is 3.18. The Kier molecular flexibility index (Phi) is 9.29. The molecule has 0 unspecified atom stereocenters. The Morgan fingerprint density at radius 1 is 1.00 bits per heavy atom. The number of hydrogen-bond acceptors (Lipinski definition) is 4. The molecule has 2 aromatic carbocycles. The molecule has 1 atom stereocenters. The first-order valence-corrected chi connectivity index (χ1v) is 10.2. The van der Waals surface area contributed by atoms with Crippen LogP contribution >= 0.6 is 11.6 Å². The average Bonchev–Trinajstić information content (AvgIpc) is 2.70. The van der Waals surface area contributed by atoms with Crippen LogP contribution in [0, 0.1) is 0 Å². The standard InChI is InChI=1S/C23H30ClNO4/c1-16(2)29-20-11-8-18(15-22(20)28-4)13-14-25-23(26)21(27-3)12-7-17-5-9-19(24)10-6-17/h5-6,8-11,15-16,21H,7,12-14H2,1-4H3,(H,25,26)/t21-/m0/s1. The van der Waals surface area contributed by atoms with Crippen molar-refractivity contribution in [3.63, 3.8) is 0 Å². The van der Waals surface area contributed by atoms with Gasteiger partial charge in [0.15, 0.2) is 11.5 Å². The molecular formula is C23H30ClNO4. The Hall–Kier alpha value is -2.24. The molecule has 0 aliphatic heterocycles. The lowest BCUT2D eigenvalue weighted by Gasteiger charge is -2.16. The minimum Gasteiger partial charge on any atom is -0.493 e. The van der Waals surface area contributed by atoms with E-state index in [1.54, 1.807) is 14.2 Å². The van der Waals surface area contributed by atoms with E-state index in [4.69, 9.17) is 25.8 Å². The van der Waals surface area contributed by atoms with Crippen molar-refractivity contribution < 1.29 is 19.0 Å². The second kappa shape index (κ2) is 11.7. The molecule has 0 bridgehead atoms. The molecule has 1 N–H and O–H groups in total. The summed E-state index contributed by atoms with van der Waals surface area (Å²) < 4.78 is 16.5. The molecule has 0 fully saturated rings. The van der Waals surface area contributed by atoms with Gasteiger partial charge in [0.05, 0.1) is 13.2 Å². The number of carbonyl (C=O) groups excluding carboxylic acids is 1. The van der Waals surface area contributed by atoms with Gasteiger partial charge in [-0.2, -0.15) is 0 Å². The molecule has 6 heteroatoms. The lowest BCUT2D eigenvalue weighted by Crippen LogP contribution is -2.37. The van der Waals surface area contributed by atoms with Gasteiger partial charge in [-0.05, 0) is 68.5 Å². The summed E-state index contributed by atoms with van der Waals surface area (Å²) >= 11 is 5.91. The number of hydrogen-bond donors (Lipinski definition) is 1. The largest absolute Gasteiger partial charge is 0.493 e. The van der Waals surface area contributed by atoms with Crippen molar-refractivity contribution in [2.24, 2.45) is 0 Å². The maximum atomic E-state index is 12.4. The van der Waals surface area contributed by atoms with Crippen LogP contribution in [0.1, 0.15) is 31.4 Å². The van der Waals surface area contributed by atoms with Gasteiger partial charge in [0.1, 0.15) is 6.10 Å². The predicted molar refractivity (Wildman–Crippen MR) is 116 cm³/mol. The van der Waals surface area contributed by atoms with E-state index in [0.717, 1.165) is 23.3 Å². The molecule has 158 valence electrons. The normalized spacial score (nSPS) is 11.9. The smallest absolute Gasteiger partial charge is 0.249 e. The quantitative estimate of drug-likeness (QED) is 0.584. The van der Waals surface area contributed by atoms with E-state index in [1.165, 1.54) is 0 Å². The van der Waals surface area contributed by atoms with E-state index in [-0.39, 0.29) is 12.0 Å². The number of aryl methyl sites for hydroxylation is 1. The van der Waals surface area contributed by atoms with Gasteiger partial charge in [0, 0.05) is 18.7 Å². The summed E-state index contributed by atoms with van der Waals surface area (Å²) in [5.74, 6) is 1.31. The van der Waals surface area contributed by atoms with Crippen molar-refractivity contribution in [2.75, 3.05) is 20.8 Å². The zero-order valence-corrected chi connectivity index (χ0v) is 18.3. The van der Waals surface area contributed by atoms with Crippen LogP contribution < -0.4 is 14.8 Å². The van der Waals surface area contributed by atoms with Crippen molar-refractivity contribution in [3.05, 3.63) is 58.6 Å². The number of halogens is 1. The van der Waals surface area contributed by atoms with E-state index in [0.29, 0.717) is 30.2 Å². The fraction of sp³-hybridized carbons (Fsp3) is 0.435. The molecule has 0 saturated heterocycles. The number of ether oxygens (including phenoxy) is 3. The first kappa shape index (κ1) is 23.0. The van der Waals surface area contributed by atoms with Crippen molar-refractivity contribution >= 4 is 17.5 Å². The Labute approximate surface area is 178 Å². The number of benzene rings is 2. The first-order valence-electron chi connectivity index (χ1n) is 9.81. The van der Waals surface area contributed by atoms with E-state index < -0.39 is 6.10 Å². The number of nitrogens with one attached hydrogen (secondary N) is 1. The highest BCUT2D eigenvalue weighted by molar-refractivity contribution is 6.30. The zero-order chi connectivity index (χ0) is 21.2. The number of amides is 1. The third-order valence-electron chi connectivity index (χ3n) is 4.49. The molecule has 0 aromatic heterocycles. The minimum absolute atomic E-state index is 0.0767. The summed E-state index contributed by atoms with van der Waals surface area (Å²) in [5.41, 5.74) is 2.19. The van der Waals surface area contributed by atoms with Crippen LogP contribution in [0.25, 0.3) is 0 Å². The van der Waals surface area contributed by atoms with Crippen LogP contribution in [0.15, 0.2) is 42.5 Å². The number of carbonyl (C=O) groups is 1. The van der Waals surface area contributed by atoms with Gasteiger partial charge in [-0.3, -0.25) is 4.79 Å². The van der Waals surface area contributed by atoms with Crippen LogP contribution in [0.4, 0.5) is 0 Å². The maximum absolute atomic E-state index is 12.4. The molecule has 2 aromatic rings. The van der Waals surface area contributed by atoms with Crippen LogP contribution in [0.5, 0.6) is 11.5 Å². The highest BCUT2D eigenvalue weighted by Gasteiger charge is 2.17. The van der Waals surface area contributed by atoms with Gasteiger partial charge in [-0.15, -0.1) is 0 Å². The third-order valence-corrected chi connectivity index (χ3v) is 4.74. The molecule has 0 aliphatic rings. The highest BCUT2D eigenvalue weighted by atomic mass is 35.5. The highest BCUT2D eigenvalue weighted by Crippen LogP contribution is 2.29. The third kappa shape index (κ3) is 7.59. The molecule has 0 spiro atoms. The fourth-order valence-electron chi connectivity index (χ4n) is 2.97. The molecule has 29 heavy (non-hydrogen) atoms. The maximum Gasteiger partial charge on any atom is 0.249 e. The second-order valence-corrected chi connectivity index (χ2v) is 7.52. The summed E-state index contributed by atoms with van der Waals surface area (Å²) in [6, 6.07) is 13.5. The van der Waals surface area contributed by atoms with Crippen LogP contribution in [-0.4, -0.2) is 38.9 Å². The lowest BCUT2D eigenvalue weighted by atomic mass is 10.1. The van der Waals surface area contributed by atoms with Gasteiger partial charge in [-0.25, -0.2) is 0 Å². The topological polar surface area (TPSA) is 56.8 Å². The Morgan fingerprint density at radius 2 is 1.69 bits per heavy atom. The molecule has 1 amide bonds. The van der Waals surface area contributed by atoms with Crippen LogP contribution in [0.2, 0.25) is 5.02 Å². The van der Waals surface area contributed by atoms with Gasteiger partial charge in [0.25, 0.3) is 0 Å². The van der Waals surface area contributed by atoms with Gasteiger partial charge < -0.3 is 19.5 Å². The molecule has 0 radical (unpaired) electrons. The monoisotopic (exact) mass is 419 g/mol. The Morgan fingerprint density at radius 3 is 2.31 bits per heavy atom. The van der Waals surface area contributed by atoms with Gasteiger partial charge in [-0.1, -0.05) is 29.8 Å². The molecule has 0 saturated carbocycles. The molecular weight excluding hydrogens is 390 g/mol. The van der Waals surface area contributed by atoms with Crippen molar-refractivity contribution in [1.29, 1.82) is 0 Å². The Bertz CT molecular complexity index is 777. The fourth-order valence-corrected chi connectivity index (χ4v) is 3.09. The number of methoxy groups -OCH3 is 2. The first-order chi connectivity index (χ1) is 13.9. The SMILES string of the molecule is COc1cc(CCNC(=O)[C@H](CCc2ccc(Cl)cc2)OC)ccc1OC(C)C. The van der Waals surface area contributed by atoms with Gasteiger partial charge in [0.2, 0.25) is 5.91 Å². The van der Waals surface area contributed by atoms with E-state index in [2.05, 4.69) is 5.32 Å². The van der Waals surface area contributed by atoms with Crippen molar-refractivity contribution in [3.8, 4) is 11.5 Å². The van der Waals surface area contributed by atoms with Crippen LogP contribution in [-0.2, 0) is 22.4 Å². The van der Waals surface area contributed by atoms with Gasteiger partial charge >= 0.3 is 0 Å². The molecule has 2 rings (SSSR count).